The molecule has 1 atom stereocenters. The van der Waals surface area contributed by atoms with Gasteiger partial charge in [0, 0.05) is 31.7 Å². The normalized spacial score (nSPS) is 12.7. The summed E-state index contributed by atoms with van der Waals surface area (Å²) in [6.45, 7) is 2.02. The molecule has 2 heterocycles. The van der Waals surface area contributed by atoms with Gasteiger partial charge in [-0.1, -0.05) is 6.07 Å². The number of aryl methyl sites for hydroxylation is 2. The quantitative estimate of drug-likeness (QED) is 0.843. The Balaban J connectivity index is 2.11. The van der Waals surface area contributed by atoms with Crippen LogP contribution in [0.3, 0.4) is 0 Å². The van der Waals surface area contributed by atoms with Gasteiger partial charge in [-0.25, -0.2) is 0 Å². The van der Waals surface area contributed by atoms with Crippen molar-refractivity contribution in [1.82, 2.24) is 14.8 Å². The van der Waals surface area contributed by atoms with Crippen molar-refractivity contribution in [2.75, 3.05) is 0 Å². The van der Waals surface area contributed by atoms with E-state index >= 15 is 0 Å². The van der Waals surface area contributed by atoms with Crippen LogP contribution in [0.2, 0.25) is 0 Å². The van der Waals surface area contributed by atoms with Crippen molar-refractivity contribution in [3.05, 3.63) is 47.5 Å². The molecular formula is C12H16N4. The van der Waals surface area contributed by atoms with E-state index < -0.39 is 0 Å². The van der Waals surface area contributed by atoms with Gasteiger partial charge in [-0.2, -0.15) is 5.10 Å². The maximum absolute atomic E-state index is 6.13. The van der Waals surface area contributed by atoms with Crippen LogP contribution in [0.15, 0.2) is 30.9 Å². The van der Waals surface area contributed by atoms with Gasteiger partial charge in [0.05, 0.1) is 6.20 Å². The van der Waals surface area contributed by atoms with Crippen LogP contribution in [0.25, 0.3) is 0 Å². The molecule has 16 heavy (non-hydrogen) atoms. The number of pyridine rings is 1. The van der Waals surface area contributed by atoms with Crippen molar-refractivity contribution >= 4 is 0 Å². The Kier molecular flexibility index (Phi) is 3.01. The highest BCUT2D eigenvalue weighted by Gasteiger charge is 2.08. The molecule has 2 rings (SSSR count). The van der Waals surface area contributed by atoms with E-state index in [0.717, 1.165) is 23.1 Å². The summed E-state index contributed by atoms with van der Waals surface area (Å²) in [4.78, 5) is 4.15. The van der Waals surface area contributed by atoms with E-state index in [1.165, 1.54) is 0 Å². The van der Waals surface area contributed by atoms with Crippen LogP contribution in [0.5, 0.6) is 0 Å². The van der Waals surface area contributed by atoms with E-state index in [-0.39, 0.29) is 6.04 Å². The highest BCUT2D eigenvalue weighted by Crippen LogP contribution is 2.15. The molecule has 1 unspecified atom stereocenters. The predicted octanol–water partition coefficient (Wildman–Crippen LogP) is 1.37. The van der Waals surface area contributed by atoms with Gasteiger partial charge < -0.3 is 5.73 Å². The first-order valence-corrected chi connectivity index (χ1v) is 5.30. The van der Waals surface area contributed by atoms with Crippen LogP contribution in [0, 0.1) is 6.92 Å². The second kappa shape index (κ2) is 4.45. The van der Waals surface area contributed by atoms with E-state index in [0.29, 0.717) is 0 Å². The lowest BCUT2D eigenvalue weighted by Crippen LogP contribution is -2.13. The van der Waals surface area contributed by atoms with E-state index in [1.54, 1.807) is 4.68 Å². The molecule has 0 aliphatic heterocycles. The third kappa shape index (κ3) is 2.46. The van der Waals surface area contributed by atoms with Gasteiger partial charge in [0.1, 0.15) is 0 Å². The van der Waals surface area contributed by atoms with E-state index in [1.807, 2.05) is 38.8 Å². The summed E-state index contributed by atoms with van der Waals surface area (Å²) in [7, 11) is 1.91. The molecule has 4 nitrogen and oxygen atoms in total. The summed E-state index contributed by atoms with van der Waals surface area (Å²) >= 11 is 0. The largest absolute Gasteiger partial charge is 0.324 e. The molecule has 0 aromatic carbocycles. The fourth-order valence-electron chi connectivity index (χ4n) is 1.73. The minimum Gasteiger partial charge on any atom is -0.324 e. The monoisotopic (exact) mass is 216 g/mol. The molecule has 0 aliphatic rings. The number of aromatic nitrogens is 3. The molecule has 0 saturated heterocycles. The van der Waals surface area contributed by atoms with Gasteiger partial charge in [0.25, 0.3) is 0 Å². The smallest absolute Gasteiger partial charge is 0.0522 e. The zero-order valence-corrected chi connectivity index (χ0v) is 9.59. The summed E-state index contributed by atoms with van der Waals surface area (Å²) in [5, 5.41) is 4.13. The topological polar surface area (TPSA) is 56.7 Å². The highest BCUT2D eigenvalue weighted by molar-refractivity contribution is 5.22. The SMILES string of the molecule is Cc1cncc(C(N)Cc2cnn(C)c2)c1. The Morgan fingerprint density at radius 3 is 2.81 bits per heavy atom. The Labute approximate surface area is 95.1 Å². The number of nitrogens with zero attached hydrogens (tertiary/aromatic N) is 3. The molecule has 0 amide bonds. The van der Waals surface area contributed by atoms with Crippen LogP contribution in [-0.2, 0) is 13.5 Å². The Morgan fingerprint density at radius 1 is 1.38 bits per heavy atom. The lowest BCUT2D eigenvalue weighted by molar-refractivity contribution is 0.714. The van der Waals surface area contributed by atoms with Crippen molar-refractivity contribution in [2.45, 2.75) is 19.4 Å². The molecule has 0 bridgehead atoms. The zero-order valence-electron chi connectivity index (χ0n) is 9.59. The van der Waals surface area contributed by atoms with Crippen LogP contribution in [-0.4, -0.2) is 14.8 Å². The summed E-state index contributed by atoms with van der Waals surface area (Å²) < 4.78 is 1.79. The first-order valence-electron chi connectivity index (χ1n) is 5.30. The molecule has 0 spiro atoms. The minimum atomic E-state index is -0.0170. The van der Waals surface area contributed by atoms with Gasteiger partial charge in [0.15, 0.2) is 0 Å². The van der Waals surface area contributed by atoms with Gasteiger partial charge in [0.2, 0.25) is 0 Å². The second-order valence-corrected chi connectivity index (χ2v) is 4.13. The highest BCUT2D eigenvalue weighted by atomic mass is 15.2. The first kappa shape index (κ1) is 10.8. The molecule has 0 radical (unpaired) electrons. The Morgan fingerprint density at radius 2 is 2.19 bits per heavy atom. The molecule has 2 aromatic rings. The maximum atomic E-state index is 6.13. The summed E-state index contributed by atoms with van der Waals surface area (Å²) in [6, 6.07) is 2.06. The lowest BCUT2D eigenvalue weighted by Gasteiger charge is -2.10. The third-order valence-corrected chi connectivity index (χ3v) is 2.54. The minimum absolute atomic E-state index is 0.0170. The second-order valence-electron chi connectivity index (χ2n) is 4.13. The molecule has 0 fully saturated rings. The molecule has 2 aromatic heterocycles. The van der Waals surface area contributed by atoms with Crippen LogP contribution >= 0.6 is 0 Å². The number of rotatable bonds is 3. The molecule has 4 heteroatoms. The molecule has 0 saturated carbocycles. The average Bonchev–Trinajstić information content (AvgIpc) is 2.64. The fraction of sp³-hybridized carbons (Fsp3) is 0.333. The molecule has 0 aliphatic carbocycles. The lowest BCUT2D eigenvalue weighted by atomic mass is 10.0. The van der Waals surface area contributed by atoms with Crippen molar-refractivity contribution < 1.29 is 0 Å². The van der Waals surface area contributed by atoms with Crippen LogP contribution < -0.4 is 5.73 Å². The van der Waals surface area contributed by atoms with Gasteiger partial charge in [-0.3, -0.25) is 9.67 Å². The zero-order chi connectivity index (χ0) is 11.5. The summed E-state index contributed by atoms with van der Waals surface area (Å²) in [5.74, 6) is 0. The van der Waals surface area contributed by atoms with Crippen molar-refractivity contribution in [3.8, 4) is 0 Å². The van der Waals surface area contributed by atoms with Gasteiger partial charge in [-0.05, 0) is 30.0 Å². The van der Waals surface area contributed by atoms with Crippen molar-refractivity contribution in [2.24, 2.45) is 12.8 Å². The Hall–Kier alpha value is -1.68. The average molecular weight is 216 g/mol. The van der Waals surface area contributed by atoms with Crippen molar-refractivity contribution in [1.29, 1.82) is 0 Å². The van der Waals surface area contributed by atoms with Crippen LogP contribution in [0.4, 0.5) is 0 Å². The van der Waals surface area contributed by atoms with Crippen LogP contribution in [0.1, 0.15) is 22.7 Å². The molecule has 2 N–H and O–H groups in total. The van der Waals surface area contributed by atoms with Crippen molar-refractivity contribution in [3.63, 3.8) is 0 Å². The fourth-order valence-corrected chi connectivity index (χ4v) is 1.73. The number of hydrogen-bond donors (Lipinski definition) is 1. The third-order valence-electron chi connectivity index (χ3n) is 2.54. The maximum Gasteiger partial charge on any atom is 0.0522 e. The van der Waals surface area contributed by atoms with E-state index in [4.69, 9.17) is 5.73 Å². The summed E-state index contributed by atoms with van der Waals surface area (Å²) in [6.07, 6.45) is 8.29. The number of nitrogens with two attached hydrogens (primary N) is 1. The first-order chi connectivity index (χ1) is 7.65. The standard InChI is InChI=1S/C12H16N4/c1-9-3-11(7-14-5-9)12(13)4-10-6-15-16(2)8-10/h3,5-8,12H,4,13H2,1-2H3. The predicted molar refractivity (Wildman–Crippen MR) is 62.8 cm³/mol. The van der Waals surface area contributed by atoms with E-state index in [2.05, 4.69) is 16.1 Å². The number of hydrogen-bond acceptors (Lipinski definition) is 3. The molecular weight excluding hydrogens is 200 g/mol. The molecule has 84 valence electrons. The van der Waals surface area contributed by atoms with Gasteiger partial charge >= 0.3 is 0 Å². The van der Waals surface area contributed by atoms with E-state index in [9.17, 15) is 0 Å². The summed E-state index contributed by atoms with van der Waals surface area (Å²) in [5.41, 5.74) is 9.49. The van der Waals surface area contributed by atoms with Gasteiger partial charge in [-0.15, -0.1) is 0 Å². The Bertz CT molecular complexity index is 475.